The summed E-state index contributed by atoms with van der Waals surface area (Å²) in [7, 11) is 0. The topological polar surface area (TPSA) is 35.9 Å². The van der Waals surface area contributed by atoms with Crippen LogP contribution in [-0.4, -0.2) is 23.3 Å². The smallest absolute Gasteiger partial charge is 0.288 e. The number of hydrogen-bond acceptors (Lipinski definition) is 2. The minimum Gasteiger partial charge on any atom is -0.288 e. The van der Waals surface area contributed by atoms with Crippen molar-refractivity contribution in [2.75, 3.05) is 11.4 Å². The van der Waals surface area contributed by atoms with Gasteiger partial charge in [0.1, 0.15) is 0 Å². The first-order valence-electron chi connectivity index (χ1n) is 11.4. The summed E-state index contributed by atoms with van der Waals surface area (Å²) in [5, 5.41) is 7.69. The highest BCUT2D eigenvalue weighted by Gasteiger charge is 2.34. The van der Waals surface area contributed by atoms with Gasteiger partial charge in [-0.1, -0.05) is 96.0 Å². The number of hydrogen-bond donors (Lipinski definition) is 0. The lowest BCUT2D eigenvalue weighted by atomic mass is 9.91. The third kappa shape index (κ3) is 5.24. The van der Waals surface area contributed by atoms with Crippen molar-refractivity contribution in [3.63, 3.8) is 0 Å². The van der Waals surface area contributed by atoms with Gasteiger partial charge in [0, 0.05) is 21.7 Å². The van der Waals surface area contributed by atoms with Gasteiger partial charge in [-0.3, -0.25) is 4.90 Å². The standard InChI is InChI=1S/C29H23Cl2N3O/c30-24-13-11-23(12-14-24)28-27(22-9-5-2-6-10-22)20-34(32-28)29(35)33(19-21-7-3-1-4-8-21)26-17-15-25(31)16-18-26/h1-18,27H,19-20H2. The van der Waals surface area contributed by atoms with E-state index in [0.29, 0.717) is 23.1 Å². The van der Waals surface area contributed by atoms with E-state index in [9.17, 15) is 4.79 Å². The Morgan fingerprint density at radius 2 is 1.37 bits per heavy atom. The Kier molecular flexibility index (Phi) is 6.84. The SMILES string of the molecule is O=C(N1CC(c2ccccc2)C(c2ccc(Cl)cc2)=N1)N(Cc1ccccc1)c1ccc(Cl)cc1. The van der Waals surface area contributed by atoms with Crippen molar-refractivity contribution in [1.29, 1.82) is 0 Å². The van der Waals surface area contributed by atoms with Gasteiger partial charge >= 0.3 is 6.03 Å². The monoisotopic (exact) mass is 499 g/mol. The Balaban J connectivity index is 1.51. The largest absolute Gasteiger partial charge is 0.345 e. The van der Waals surface area contributed by atoms with Crippen LogP contribution in [0.15, 0.2) is 114 Å². The molecule has 4 aromatic carbocycles. The van der Waals surface area contributed by atoms with Crippen LogP contribution in [0.5, 0.6) is 0 Å². The van der Waals surface area contributed by atoms with E-state index in [-0.39, 0.29) is 11.9 Å². The first-order valence-corrected chi connectivity index (χ1v) is 12.1. The maximum Gasteiger partial charge on any atom is 0.345 e. The summed E-state index contributed by atoms with van der Waals surface area (Å²) in [4.78, 5) is 15.7. The molecule has 0 aromatic heterocycles. The van der Waals surface area contributed by atoms with E-state index < -0.39 is 0 Å². The molecule has 1 unspecified atom stereocenters. The van der Waals surface area contributed by atoms with Crippen LogP contribution < -0.4 is 4.90 Å². The highest BCUT2D eigenvalue weighted by molar-refractivity contribution is 6.31. The summed E-state index contributed by atoms with van der Waals surface area (Å²) >= 11 is 12.3. The lowest BCUT2D eigenvalue weighted by molar-refractivity contribution is 0.210. The molecule has 2 amide bonds. The van der Waals surface area contributed by atoms with Gasteiger partial charge in [0.2, 0.25) is 0 Å². The Bertz CT molecular complexity index is 1320. The van der Waals surface area contributed by atoms with Gasteiger partial charge in [-0.15, -0.1) is 0 Å². The third-order valence-corrected chi connectivity index (χ3v) is 6.53. The number of halogens is 2. The van der Waals surface area contributed by atoms with Crippen LogP contribution in [0, 0.1) is 0 Å². The van der Waals surface area contributed by atoms with Gasteiger partial charge in [-0.2, -0.15) is 5.10 Å². The molecular weight excluding hydrogens is 477 g/mol. The van der Waals surface area contributed by atoms with E-state index in [4.69, 9.17) is 28.3 Å². The maximum absolute atomic E-state index is 13.9. The summed E-state index contributed by atoms with van der Waals surface area (Å²) in [5.41, 5.74) is 4.68. The fourth-order valence-corrected chi connectivity index (χ4v) is 4.50. The average molecular weight is 500 g/mol. The molecule has 0 fully saturated rings. The van der Waals surface area contributed by atoms with E-state index in [0.717, 1.165) is 28.1 Å². The van der Waals surface area contributed by atoms with Crippen LogP contribution in [0.1, 0.15) is 22.6 Å². The van der Waals surface area contributed by atoms with Gasteiger partial charge in [-0.05, 0) is 53.1 Å². The molecule has 1 aliphatic heterocycles. The molecule has 0 bridgehead atoms. The van der Waals surface area contributed by atoms with E-state index in [2.05, 4.69) is 12.1 Å². The molecule has 4 aromatic rings. The second-order valence-electron chi connectivity index (χ2n) is 8.37. The number of anilines is 1. The summed E-state index contributed by atoms with van der Waals surface area (Å²) in [6.45, 7) is 0.860. The molecule has 5 rings (SSSR count). The number of benzene rings is 4. The summed E-state index contributed by atoms with van der Waals surface area (Å²) in [6.07, 6.45) is 0. The van der Waals surface area contributed by atoms with Crippen molar-refractivity contribution >= 4 is 40.6 Å². The highest BCUT2D eigenvalue weighted by Crippen LogP contribution is 2.31. The number of amides is 2. The zero-order valence-corrected chi connectivity index (χ0v) is 20.4. The van der Waals surface area contributed by atoms with Gasteiger partial charge < -0.3 is 0 Å². The first kappa shape index (κ1) is 23.2. The first-order chi connectivity index (χ1) is 17.1. The minimum atomic E-state index is -0.193. The molecule has 35 heavy (non-hydrogen) atoms. The molecule has 4 nitrogen and oxygen atoms in total. The zero-order chi connectivity index (χ0) is 24.2. The van der Waals surface area contributed by atoms with E-state index >= 15 is 0 Å². The average Bonchev–Trinajstić information content (AvgIpc) is 3.35. The van der Waals surface area contributed by atoms with Gasteiger partial charge in [0.15, 0.2) is 0 Å². The summed E-state index contributed by atoms with van der Waals surface area (Å²) in [5.74, 6) is -0.0508. The van der Waals surface area contributed by atoms with E-state index in [1.54, 1.807) is 22.0 Å². The van der Waals surface area contributed by atoms with Crippen molar-refractivity contribution in [3.8, 4) is 0 Å². The van der Waals surface area contributed by atoms with Crippen LogP contribution in [0.4, 0.5) is 10.5 Å². The Morgan fingerprint density at radius 3 is 2.00 bits per heavy atom. The quantitative estimate of drug-likeness (QED) is 0.278. The summed E-state index contributed by atoms with van der Waals surface area (Å²) < 4.78 is 0. The van der Waals surface area contributed by atoms with Crippen molar-refractivity contribution in [2.24, 2.45) is 5.10 Å². The van der Waals surface area contributed by atoms with Crippen LogP contribution in [0.2, 0.25) is 10.0 Å². The number of carbonyl (C=O) groups is 1. The molecule has 174 valence electrons. The van der Waals surface area contributed by atoms with Crippen molar-refractivity contribution in [1.82, 2.24) is 5.01 Å². The van der Waals surface area contributed by atoms with Crippen molar-refractivity contribution in [2.45, 2.75) is 12.5 Å². The van der Waals surface area contributed by atoms with Crippen LogP contribution >= 0.6 is 23.2 Å². The minimum absolute atomic E-state index is 0.0508. The van der Waals surface area contributed by atoms with Crippen molar-refractivity contribution < 1.29 is 4.79 Å². The highest BCUT2D eigenvalue weighted by atomic mass is 35.5. The van der Waals surface area contributed by atoms with E-state index in [1.165, 1.54) is 0 Å². The fraction of sp³-hybridized carbons (Fsp3) is 0.103. The predicted molar refractivity (Wildman–Crippen MR) is 143 cm³/mol. The molecular formula is C29H23Cl2N3O. The number of nitrogens with zero attached hydrogens (tertiary/aromatic N) is 3. The number of urea groups is 1. The number of rotatable bonds is 5. The van der Waals surface area contributed by atoms with Gasteiger partial charge in [0.05, 0.1) is 18.8 Å². The van der Waals surface area contributed by atoms with Gasteiger partial charge in [-0.25, -0.2) is 9.80 Å². The van der Waals surface area contributed by atoms with Gasteiger partial charge in [0.25, 0.3) is 0 Å². The maximum atomic E-state index is 13.9. The number of hydrazone groups is 1. The second-order valence-corrected chi connectivity index (χ2v) is 9.24. The van der Waals surface area contributed by atoms with E-state index in [1.807, 2.05) is 84.9 Å². The lowest BCUT2D eigenvalue weighted by Crippen LogP contribution is -2.40. The molecule has 0 N–H and O–H groups in total. The molecule has 0 saturated heterocycles. The van der Waals surface area contributed by atoms with Crippen molar-refractivity contribution in [3.05, 3.63) is 136 Å². The number of carbonyl (C=O) groups excluding carboxylic acids is 1. The molecule has 6 heteroatoms. The predicted octanol–water partition coefficient (Wildman–Crippen LogP) is 7.62. The molecule has 1 atom stereocenters. The summed E-state index contributed by atoms with van der Waals surface area (Å²) in [6, 6.07) is 34.8. The second kappa shape index (κ2) is 10.3. The molecule has 0 radical (unpaired) electrons. The zero-order valence-electron chi connectivity index (χ0n) is 18.9. The fourth-order valence-electron chi connectivity index (χ4n) is 4.24. The van der Waals surface area contributed by atoms with Crippen LogP contribution in [0.3, 0.4) is 0 Å². The Labute approximate surface area is 215 Å². The Hall–Kier alpha value is -3.60. The van der Waals surface area contributed by atoms with Crippen LogP contribution in [0.25, 0.3) is 0 Å². The third-order valence-electron chi connectivity index (χ3n) is 6.03. The molecule has 0 spiro atoms. The van der Waals surface area contributed by atoms with Crippen LogP contribution in [-0.2, 0) is 6.54 Å². The molecule has 0 aliphatic carbocycles. The molecule has 1 heterocycles. The lowest BCUT2D eigenvalue weighted by Gasteiger charge is -2.27. The normalized spacial score (nSPS) is 15.1. The molecule has 0 saturated carbocycles. The molecule has 1 aliphatic rings. The Morgan fingerprint density at radius 1 is 0.800 bits per heavy atom.